The molecule has 0 unspecified atom stereocenters. The molecule has 0 aromatic rings. The van der Waals surface area contributed by atoms with Crippen LogP contribution in [0.5, 0.6) is 0 Å². The molecule has 1 atom stereocenters. The normalized spacial score (nSPS) is 15.6. The van der Waals surface area contributed by atoms with Gasteiger partial charge in [-0.25, -0.2) is 0 Å². The van der Waals surface area contributed by atoms with Gasteiger partial charge in [0.1, 0.15) is 0 Å². The van der Waals surface area contributed by atoms with Gasteiger partial charge in [-0.2, -0.15) is 0 Å². The van der Waals surface area contributed by atoms with E-state index in [1.807, 2.05) is 13.8 Å². The zero-order valence-corrected chi connectivity index (χ0v) is 19.2. The lowest BCUT2D eigenvalue weighted by Crippen LogP contribution is -2.19. The molecule has 1 heterocycles. The third kappa shape index (κ3) is 11.0. The molecule has 1 aliphatic heterocycles. The van der Waals surface area contributed by atoms with Crippen molar-refractivity contribution in [2.45, 2.75) is 78.6 Å². The number of unbranched alkanes of at least 4 members (excludes halogenated alkanes) is 3. The number of carbonyl (C=O) groups is 1. The van der Waals surface area contributed by atoms with Crippen molar-refractivity contribution in [1.29, 1.82) is 0 Å². The Bertz CT molecular complexity index is 707. The maximum atomic E-state index is 11.3. The predicted molar refractivity (Wildman–Crippen MR) is 129 cm³/mol. The maximum Gasteiger partial charge on any atom is 0.303 e. The lowest BCUT2D eigenvalue weighted by Gasteiger charge is -2.17. The molecule has 4 heteroatoms. The Morgan fingerprint density at radius 2 is 2.00 bits per heavy atom. The molecule has 1 rings (SSSR count). The Labute approximate surface area is 183 Å². The molecule has 1 aliphatic rings. The average molecular weight is 413 g/mol. The fourth-order valence-electron chi connectivity index (χ4n) is 3.59. The summed E-state index contributed by atoms with van der Waals surface area (Å²) < 4.78 is 0. The quantitative estimate of drug-likeness (QED) is 0.189. The van der Waals surface area contributed by atoms with Gasteiger partial charge < -0.3 is 10.4 Å². The van der Waals surface area contributed by atoms with E-state index in [2.05, 4.69) is 42.5 Å². The monoisotopic (exact) mass is 412 g/mol. The summed E-state index contributed by atoms with van der Waals surface area (Å²) in [5.74, 6) is -0.798. The zero-order chi connectivity index (χ0) is 22.4. The molecule has 30 heavy (non-hydrogen) atoms. The molecular weight excluding hydrogens is 372 g/mol. The molecule has 0 aromatic heterocycles. The highest BCUT2D eigenvalue weighted by Crippen LogP contribution is 2.24. The molecule has 4 nitrogen and oxygen atoms in total. The van der Waals surface area contributed by atoms with Gasteiger partial charge in [0.25, 0.3) is 0 Å². The van der Waals surface area contributed by atoms with Crippen LogP contribution in [-0.2, 0) is 4.79 Å². The van der Waals surface area contributed by atoms with Crippen molar-refractivity contribution in [3.8, 4) is 0 Å². The summed E-state index contributed by atoms with van der Waals surface area (Å²) in [6, 6.07) is 0. The van der Waals surface area contributed by atoms with Crippen molar-refractivity contribution in [2.75, 3.05) is 6.54 Å². The molecular formula is C26H40N2O2. The Kier molecular flexibility index (Phi) is 12.5. The van der Waals surface area contributed by atoms with E-state index in [0.29, 0.717) is 0 Å². The molecule has 0 saturated carbocycles. The highest BCUT2D eigenvalue weighted by molar-refractivity contribution is 5.79. The van der Waals surface area contributed by atoms with Crippen molar-refractivity contribution < 1.29 is 9.90 Å². The number of hydrogen-bond donors (Lipinski definition) is 2. The van der Waals surface area contributed by atoms with Gasteiger partial charge >= 0.3 is 5.97 Å². The highest BCUT2D eigenvalue weighted by atomic mass is 16.4. The summed E-state index contributed by atoms with van der Waals surface area (Å²) in [7, 11) is 0. The van der Waals surface area contributed by atoms with Crippen LogP contribution in [0.4, 0.5) is 0 Å². The van der Waals surface area contributed by atoms with Gasteiger partial charge in [0, 0.05) is 24.2 Å². The van der Waals surface area contributed by atoms with Crippen molar-refractivity contribution in [3.05, 3.63) is 60.0 Å². The van der Waals surface area contributed by atoms with Crippen molar-refractivity contribution in [3.63, 3.8) is 0 Å². The van der Waals surface area contributed by atoms with E-state index >= 15 is 0 Å². The van der Waals surface area contributed by atoms with Crippen LogP contribution >= 0.6 is 0 Å². The van der Waals surface area contributed by atoms with Gasteiger partial charge in [-0.05, 0) is 69.9 Å². The fraction of sp³-hybridized carbons (Fsp3) is 0.538. The van der Waals surface area contributed by atoms with E-state index in [1.54, 1.807) is 12.3 Å². The molecule has 166 valence electrons. The first-order valence-corrected chi connectivity index (χ1v) is 11.2. The standard InChI is InChI=1S/C26H40N2O2/c1-6-23(19-28-20(2)3)25(18-26(29)30)13-10-8-7-9-12-21(4)15-16-24-14-11-17-27-22(24)5/h6,15-16,19,25,27H,1,4,7-14,17-18H2,2-3,5H3,(H,29,30)/b16-15-,23-19+/t25-/m0/s1. The largest absolute Gasteiger partial charge is 0.481 e. The van der Waals surface area contributed by atoms with Crippen LogP contribution < -0.4 is 5.32 Å². The summed E-state index contributed by atoms with van der Waals surface area (Å²) >= 11 is 0. The number of aliphatic imine (C=N–C) groups is 1. The average Bonchev–Trinajstić information content (AvgIpc) is 2.69. The van der Waals surface area contributed by atoms with Crippen LogP contribution in [0.15, 0.2) is 65.0 Å². The SMILES string of the molecule is C=C/C(=C\N=C(C)C)[C@@H](CCCCCCC(=C)/C=C\C1=C(C)NCCC1)CC(=O)O. The highest BCUT2D eigenvalue weighted by Gasteiger charge is 2.16. The molecule has 0 saturated heterocycles. The topological polar surface area (TPSA) is 61.7 Å². The molecule has 0 fully saturated rings. The molecule has 0 aliphatic carbocycles. The second-order valence-electron chi connectivity index (χ2n) is 8.33. The number of rotatable bonds is 14. The number of nitrogens with one attached hydrogen (secondary N) is 1. The minimum atomic E-state index is -0.772. The van der Waals surface area contributed by atoms with E-state index in [9.17, 15) is 9.90 Å². The Hall–Kier alpha value is -2.36. The first kappa shape index (κ1) is 25.7. The van der Waals surface area contributed by atoms with E-state index in [4.69, 9.17) is 0 Å². The predicted octanol–water partition coefficient (Wildman–Crippen LogP) is 6.74. The van der Waals surface area contributed by atoms with Gasteiger partial charge in [-0.15, -0.1) is 0 Å². The van der Waals surface area contributed by atoms with E-state index in [-0.39, 0.29) is 12.3 Å². The summed E-state index contributed by atoms with van der Waals surface area (Å²) in [5, 5.41) is 12.7. The van der Waals surface area contributed by atoms with Crippen LogP contribution in [0.2, 0.25) is 0 Å². The molecule has 2 N–H and O–H groups in total. The molecule has 0 bridgehead atoms. The van der Waals surface area contributed by atoms with E-state index < -0.39 is 5.97 Å². The number of carboxylic acid groups (broad SMARTS) is 1. The third-order valence-electron chi connectivity index (χ3n) is 5.42. The smallest absolute Gasteiger partial charge is 0.303 e. The molecule has 0 radical (unpaired) electrons. The minimum absolute atomic E-state index is 0.0263. The molecule has 0 aromatic carbocycles. The first-order chi connectivity index (χ1) is 14.3. The van der Waals surface area contributed by atoms with Gasteiger partial charge in [0.2, 0.25) is 0 Å². The summed E-state index contributed by atoms with van der Waals surface area (Å²) in [6.45, 7) is 15.1. The van der Waals surface area contributed by atoms with Crippen molar-refractivity contribution >= 4 is 11.7 Å². The number of allylic oxidation sites excluding steroid dienone is 7. The van der Waals surface area contributed by atoms with Crippen molar-refractivity contribution in [2.24, 2.45) is 10.9 Å². The summed E-state index contributed by atoms with van der Waals surface area (Å²) in [6.07, 6.45) is 16.6. The lowest BCUT2D eigenvalue weighted by atomic mass is 9.90. The molecule has 0 amide bonds. The maximum absolute atomic E-state index is 11.3. The van der Waals surface area contributed by atoms with Gasteiger partial charge in [0.15, 0.2) is 0 Å². The first-order valence-electron chi connectivity index (χ1n) is 11.2. The van der Waals surface area contributed by atoms with Crippen LogP contribution in [0, 0.1) is 5.92 Å². The van der Waals surface area contributed by atoms with E-state index in [0.717, 1.165) is 62.8 Å². The Balaban J connectivity index is 2.38. The number of carboxylic acids is 1. The fourth-order valence-corrected chi connectivity index (χ4v) is 3.59. The van der Waals surface area contributed by atoms with Crippen LogP contribution in [0.3, 0.4) is 0 Å². The van der Waals surface area contributed by atoms with Gasteiger partial charge in [0.05, 0.1) is 6.42 Å². The number of nitrogens with zero attached hydrogens (tertiary/aromatic N) is 1. The summed E-state index contributed by atoms with van der Waals surface area (Å²) in [5.41, 5.74) is 5.71. The second-order valence-corrected chi connectivity index (χ2v) is 8.33. The van der Waals surface area contributed by atoms with E-state index in [1.165, 1.54) is 23.3 Å². The summed E-state index contributed by atoms with van der Waals surface area (Å²) in [4.78, 5) is 15.6. The van der Waals surface area contributed by atoms with Crippen LogP contribution in [-0.4, -0.2) is 23.3 Å². The molecule has 0 spiro atoms. The van der Waals surface area contributed by atoms with Gasteiger partial charge in [-0.1, -0.05) is 56.2 Å². The third-order valence-corrected chi connectivity index (χ3v) is 5.42. The van der Waals surface area contributed by atoms with Crippen LogP contribution in [0.1, 0.15) is 78.6 Å². The number of aliphatic carboxylic acids is 1. The second kappa shape index (κ2) is 14.6. The number of hydrogen-bond acceptors (Lipinski definition) is 3. The van der Waals surface area contributed by atoms with Crippen LogP contribution in [0.25, 0.3) is 0 Å². The zero-order valence-electron chi connectivity index (χ0n) is 19.2. The van der Waals surface area contributed by atoms with Crippen molar-refractivity contribution in [1.82, 2.24) is 5.32 Å². The lowest BCUT2D eigenvalue weighted by molar-refractivity contribution is -0.137. The Morgan fingerprint density at radius 1 is 1.27 bits per heavy atom. The Morgan fingerprint density at radius 3 is 2.63 bits per heavy atom. The minimum Gasteiger partial charge on any atom is -0.481 e. The van der Waals surface area contributed by atoms with Gasteiger partial charge in [-0.3, -0.25) is 9.79 Å².